The molecule has 1 saturated heterocycles. The number of carbonyl (C=O) groups excluding carboxylic acids is 2. The predicted molar refractivity (Wildman–Crippen MR) is 119 cm³/mol. The van der Waals surface area contributed by atoms with Gasteiger partial charge in [-0.3, -0.25) is 9.59 Å². The van der Waals surface area contributed by atoms with Crippen LogP contribution in [0.5, 0.6) is 5.75 Å². The summed E-state index contributed by atoms with van der Waals surface area (Å²) in [6, 6.07) is 17.7. The van der Waals surface area contributed by atoms with Crippen LogP contribution in [-0.4, -0.2) is 52.4 Å². The Hall–Kier alpha value is -3.74. The number of aromatic nitrogens is 2. The lowest BCUT2D eigenvalue weighted by Gasteiger charge is -2.18. The van der Waals surface area contributed by atoms with Gasteiger partial charge in [0.2, 0.25) is 11.8 Å². The van der Waals surface area contributed by atoms with Gasteiger partial charge in [-0.25, -0.2) is 9.97 Å². The molecule has 2 amide bonds. The first-order valence-corrected chi connectivity index (χ1v) is 10.8. The van der Waals surface area contributed by atoms with Gasteiger partial charge in [0.05, 0.1) is 18.7 Å². The highest BCUT2D eigenvalue weighted by Gasteiger charge is 2.32. The van der Waals surface area contributed by atoms with E-state index in [0.29, 0.717) is 31.8 Å². The van der Waals surface area contributed by atoms with E-state index in [1.54, 1.807) is 23.4 Å². The smallest absolute Gasteiger partial charge is 0.239 e. The monoisotopic (exact) mass is 428 g/mol. The minimum absolute atomic E-state index is 0.0195. The SMILES string of the molecule is O=C(CN1C[C@@H](c2ccccc2)CC1=O)NC[C@H]1Cc2cccc(-c3ncccn3)c2O1. The number of likely N-dealkylation sites (tertiary alicyclic amines) is 1. The van der Waals surface area contributed by atoms with E-state index in [2.05, 4.69) is 15.3 Å². The molecule has 3 aromatic rings. The van der Waals surface area contributed by atoms with E-state index in [1.807, 2.05) is 48.5 Å². The van der Waals surface area contributed by atoms with E-state index < -0.39 is 0 Å². The van der Waals surface area contributed by atoms with E-state index in [-0.39, 0.29) is 30.4 Å². The molecular weight excluding hydrogens is 404 g/mol. The van der Waals surface area contributed by atoms with Gasteiger partial charge < -0.3 is 15.0 Å². The second-order valence-corrected chi connectivity index (χ2v) is 8.20. The number of carbonyl (C=O) groups is 2. The zero-order valence-corrected chi connectivity index (χ0v) is 17.6. The van der Waals surface area contributed by atoms with Crippen molar-refractivity contribution in [1.29, 1.82) is 0 Å². The van der Waals surface area contributed by atoms with Crippen LogP contribution in [0, 0.1) is 0 Å². The van der Waals surface area contributed by atoms with E-state index in [0.717, 1.165) is 22.4 Å². The number of para-hydroxylation sites is 1. The number of nitrogens with one attached hydrogen (secondary N) is 1. The zero-order chi connectivity index (χ0) is 21.9. The molecule has 1 aromatic heterocycles. The van der Waals surface area contributed by atoms with Crippen molar-refractivity contribution in [3.8, 4) is 17.1 Å². The lowest BCUT2D eigenvalue weighted by molar-refractivity contribution is -0.133. The lowest BCUT2D eigenvalue weighted by Crippen LogP contribution is -2.41. The molecule has 0 saturated carbocycles. The molecule has 0 spiro atoms. The van der Waals surface area contributed by atoms with Crippen molar-refractivity contribution in [3.05, 3.63) is 78.1 Å². The fourth-order valence-electron chi connectivity index (χ4n) is 4.40. The molecule has 2 aliphatic rings. The molecular formula is C25H24N4O3. The maximum absolute atomic E-state index is 12.5. The van der Waals surface area contributed by atoms with Crippen molar-refractivity contribution in [2.45, 2.75) is 24.9 Å². The van der Waals surface area contributed by atoms with E-state index in [1.165, 1.54) is 0 Å². The Balaban J connectivity index is 1.15. The van der Waals surface area contributed by atoms with Gasteiger partial charge in [-0.15, -0.1) is 0 Å². The molecule has 7 heteroatoms. The third-order valence-electron chi connectivity index (χ3n) is 5.98. The number of rotatable bonds is 6. The summed E-state index contributed by atoms with van der Waals surface area (Å²) in [7, 11) is 0. The molecule has 7 nitrogen and oxygen atoms in total. The van der Waals surface area contributed by atoms with Crippen molar-refractivity contribution >= 4 is 11.8 Å². The molecule has 1 fully saturated rings. The van der Waals surface area contributed by atoms with Gasteiger partial charge >= 0.3 is 0 Å². The Labute approximate surface area is 186 Å². The standard InChI is InChI=1S/C25H24N4O3/c30-22(16-29-15-19(13-23(29)31)17-6-2-1-3-7-17)28-14-20-12-18-8-4-9-21(24(18)32-20)25-26-10-5-11-27-25/h1-11,19-20H,12-16H2,(H,28,30)/t19-,20+/m0/s1. The highest BCUT2D eigenvalue weighted by molar-refractivity contribution is 5.86. The third-order valence-corrected chi connectivity index (χ3v) is 5.98. The average Bonchev–Trinajstić information content (AvgIpc) is 3.42. The topological polar surface area (TPSA) is 84.4 Å². The van der Waals surface area contributed by atoms with Crippen molar-refractivity contribution in [3.63, 3.8) is 0 Å². The Bertz CT molecular complexity index is 1120. The summed E-state index contributed by atoms with van der Waals surface area (Å²) in [5.41, 5.74) is 3.07. The van der Waals surface area contributed by atoms with Crippen molar-refractivity contribution in [2.75, 3.05) is 19.6 Å². The van der Waals surface area contributed by atoms with E-state index in [9.17, 15) is 9.59 Å². The Morgan fingerprint density at radius 3 is 2.66 bits per heavy atom. The van der Waals surface area contributed by atoms with Crippen LogP contribution in [0.4, 0.5) is 0 Å². The van der Waals surface area contributed by atoms with Crippen molar-refractivity contribution in [1.82, 2.24) is 20.2 Å². The Morgan fingerprint density at radius 2 is 1.84 bits per heavy atom. The second kappa shape index (κ2) is 8.78. The minimum atomic E-state index is -0.168. The summed E-state index contributed by atoms with van der Waals surface area (Å²) >= 11 is 0. The zero-order valence-electron chi connectivity index (χ0n) is 17.6. The molecule has 0 aliphatic carbocycles. The minimum Gasteiger partial charge on any atom is -0.487 e. The number of fused-ring (bicyclic) bond motifs is 1. The van der Waals surface area contributed by atoms with Gasteiger partial charge in [-0.1, -0.05) is 42.5 Å². The van der Waals surface area contributed by atoms with Gasteiger partial charge in [0.25, 0.3) is 0 Å². The molecule has 0 unspecified atom stereocenters. The highest BCUT2D eigenvalue weighted by Crippen LogP contribution is 2.37. The van der Waals surface area contributed by atoms with Crippen molar-refractivity contribution in [2.24, 2.45) is 0 Å². The third kappa shape index (κ3) is 4.19. The van der Waals surface area contributed by atoms with Crippen LogP contribution in [0.1, 0.15) is 23.5 Å². The fraction of sp³-hybridized carbons (Fsp3) is 0.280. The summed E-state index contributed by atoms with van der Waals surface area (Å²) in [5.74, 6) is 1.39. The average molecular weight is 428 g/mol. The normalized spacial score (nSPS) is 19.5. The molecule has 2 aromatic carbocycles. The molecule has 0 bridgehead atoms. The quantitative estimate of drug-likeness (QED) is 0.652. The molecule has 32 heavy (non-hydrogen) atoms. The van der Waals surface area contributed by atoms with Gasteiger partial charge in [-0.05, 0) is 23.3 Å². The maximum Gasteiger partial charge on any atom is 0.239 e. The summed E-state index contributed by atoms with van der Waals surface area (Å²) in [6.07, 6.45) is 4.40. The molecule has 2 aliphatic heterocycles. The molecule has 1 N–H and O–H groups in total. The fourth-order valence-corrected chi connectivity index (χ4v) is 4.40. The second-order valence-electron chi connectivity index (χ2n) is 8.20. The van der Waals surface area contributed by atoms with Crippen LogP contribution >= 0.6 is 0 Å². The van der Waals surface area contributed by atoms with Gasteiger partial charge in [0, 0.05) is 37.7 Å². The van der Waals surface area contributed by atoms with Crippen LogP contribution in [-0.2, 0) is 16.0 Å². The summed E-state index contributed by atoms with van der Waals surface area (Å²) in [4.78, 5) is 35.2. The first kappa shape index (κ1) is 20.2. The predicted octanol–water partition coefficient (Wildman–Crippen LogP) is 2.58. The molecule has 2 atom stereocenters. The van der Waals surface area contributed by atoms with Crippen LogP contribution in [0.3, 0.4) is 0 Å². The maximum atomic E-state index is 12.5. The number of amides is 2. The summed E-state index contributed by atoms with van der Waals surface area (Å²) in [6.45, 7) is 1.03. The summed E-state index contributed by atoms with van der Waals surface area (Å²) < 4.78 is 6.13. The number of hydrogen-bond donors (Lipinski definition) is 1. The Morgan fingerprint density at radius 1 is 1.03 bits per heavy atom. The Kier molecular flexibility index (Phi) is 5.54. The van der Waals surface area contributed by atoms with Gasteiger partial charge in [-0.2, -0.15) is 0 Å². The number of hydrogen-bond acceptors (Lipinski definition) is 5. The summed E-state index contributed by atoms with van der Waals surface area (Å²) in [5, 5.41) is 2.93. The molecule has 162 valence electrons. The molecule has 5 rings (SSSR count). The van der Waals surface area contributed by atoms with Gasteiger partial charge in [0.15, 0.2) is 5.82 Å². The van der Waals surface area contributed by atoms with Crippen LogP contribution in [0.25, 0.3) is 11.4 Å². The largest absolute Gasteiger partial charge is 0.487 e. The van der Waals surface area contributed by atoms with Crippen molar-refractivity contribution < 1.29 is 14.3 Å². The first-order chi connectivity index (χ1) is 15.7. The molecule has 3 heterocycles. The number of nitrogens with zero attached hydrogens (tertiary/aromatic N) is 3. The number of ether oxygens (including phenoxy) is 1. The van der Waals surface area contributed by atoms with E-state index in [4.69, 9.17) is 4.74 Å². The number of benzene rings is 2. The van der Waals surface area contributed by atoms with Gasteiger partial charge in [0.1, 0.15) is 11.9 Å². The van der Waals surface area contributed by atoms with Crippen LogP contribution in [0.2, 0.25) is 0 Å². The van der Waals surface area contributed by atoms with Crippen LogP contribution < -0.4 is 10.1 Å². The lowest BCUT2D eigenvalue weighted by atomic mass is 9.99. The van der Waals surface area contributed by atoms with Crippen LogP contribution in [0.15, 0.2) is 67.0 Å². The van der Waals surface area contributed by atoms with E-state index >= 15 is 0 Å². The molecule has 0 radical (unpaired) electrons. The first-order valence-electron chi connectivity index (χ1n) is 10.8. The highest BCUT2D eigenvalue weighted by atomic mass is 16.5.